The standard InChI is InChI=1S/C23H21N5O2S/c1-24-22(29)19-11-14(7-9-25-19)13-30-23-20-18(8-10-31-20)21(27-28-23)26-17-6-5-15-3-2-4-16(15)12-17/h5-12H,2-4,13H2,1H3,(H,24,29)(H,26,27). The molecular weight excluding hydrogens is 410 g/mol. The van der Waals surface area contributed by atoms with E-state index < -0.39 is 0 Å². The predicted octanol–water partition coefficient (Wildman–Crippen LogP) is 4.26. The average molecular weight is 432 g/mol. The number of benzene rings is 1. The molecule has 5 rings (SSSR count). The number of fused-ring (bicyclic) bond motifs is 2. The average Bonchev–Trinajstić information content (AvgIpc) is 3.48. The fourth-order valence-corrected chi connectivity index (χ4v) is 4.63. The van der Waals surface area contributed by atoms with Crippen LogP contribution >= 0.6 is 11.3 Å². The zero-order chi connectivity index (χ0) is 21.2. The smallest absolute Gasteiger partial charge is 0.269 e. The van der Waals surface area contributed by atoms with Crippen molar-refractivity contribution in [3.8, 4) is 5.88 Å². The van der Waals surface area contributed by atoms with Crippen molar-refractivity contribution in [1.82, 2.24) is 20.5 Å². The molecule has 156 valence electrons. The van der Waals surface area contributed by atoms with E-state index in [0.29, 0.717) is 17.4 Å². The number of pyridine rings is 1. The number of carbonyl (C=O) groups excluding carboxylic acids is 1. The number of anilines is 2. The SMILES string of the molecule is CNC(=O)c1cc(COc2nnc(Nc3ccc4c(c3)CCC4)c3ccsc23)ccn1. The first-order chi connectivity index (χ1) is 15.2. The van der Waals surface area contributed by atoms with Crippen LogP contribution in [0.2, 0.25) is 0 Å². The van der Waals surface area contributed by atoms with Crippen molar-refractivity contribution in [3.63, 3.8) is 0 Å². The largest absolute Gasteiger partial charge is 0.471 e. The highest BCUT2D eigenvalue weighted by Crippen LogP contribution is 2.34. The Morgan fingerprint density at radius 1 is 1.13 bits per heavy atom. The van der Waals surface area contributed by atoms with Gasteiger partial charge in [-0.2, -0.15) is 0 Å². The summed E-state index contributed by atoms with van der Waals surface area (Å²) in [6.07, 6.45) is 5.12. The topological polar surface area (TPSA) is 89.0 Å². The lowest BCUT2D eigenvalue weighted by atomic mass is 10.1. The zero-order valence-electron chi connectivity index (χ0n) is 17.0. The van der Waals surface area contributed by atoms with Gasteiger partial charge in [-0.25, -0.2) is 0 Å². The number of hydrogen-bond donors (Lipinski definition) is 2. The zero-order valence-corrected chi connectivity index (χ0v) is 17.8. The minimum absolute atomic E-state index is 0.232. The fraction of sp³-hybridized carbons (Fsp3) is 0.217. The molecule has 2 N–H and O–H groups in total. The van der Waals surface area contributed by atoms with Crippen molar-refractivity contribution in [3.05, 3.63) is 70.4 Å². The van der Waals surface area contributed by atoms with Gasteiger partial charge in [-0.3, -0.25) is 9.78 Å². The maximum absolute atomic E-state index is 11.8. The summed E-state index contributed by atoms with van der Waals surface area (Å²) in [5, 5.41) is 17.7. The predicted molar refractivity (Wildman–Crippen MR) is 121 cm³/mol. The summed E-state index contributed by atoms with van der Waals surface area (Å²) in [5.74, 6) is 0.958. The van der Waals surface area contributed by atoms with E-state index in [-0.39, 0.29) is 12.5 Å². The number of ether oxygens (including phenoxy) is 1. The van der Waals surface area contributed by atoms with Gasteiger partial charge in [0.05, 0.1) is 0 Å². The quantitative estimate of drug-likeness (QED) is 0.474. The van der Waals surface area contributed by atoms with Crippen LogP contribution in [-0.4, -0.2) is 28.1 Å². The molecule has 7 nitrogen and oxygen atoms in total. The molecule has 3 heterocycles. The molecule has 1 aromatic carbocycles. The Morgan fingerprint density at radius 2 is 2.03 bits per heavy atom. The first kappa shape index (κ1) is 19.4. The Morgan fingerprint density at radius 3 is 2.94 bits per heavy atom. The molecular formula is C23H21N5O2S. The fourth-order valence-electron chi connectivity index (χ4n) is 3.80. The molecule has 3 aromatic heterocycles. The lowest BCUT2D eigenvalue weighted by Gasteiger charge is -2.11. The van der Waals surface area contributed by atoms with Crippen molar-refractivity contribution in [2.45, 2.75) is 25.9 Å². The molecule has 0 bridgehead atoms. The summed E-state index contributed by atoms with van der Waals surface area (Å²) in [4.78, 5) is 15.9. The molecule has 1 aliphatic rings. The van der Waals surface area contributed by atoms with Gasteiger partial charge in [0.15, 0.2) is 5.82 Å². The molecule has 0 saturated heterocycles. The van der Waals surface area contributed by atoms with Gasteiger partial charge in [-0.15, -0.1) is 21.5 Å². The minimum Gasteiger partial charge on any atom is -0.471 e. The minimum atomic E-state index is -0.232. The van der Waals surface area contributed by atoms with Crippen molar-refractivity contribution in [2.75, 3.05) is 12.4 Å². The lowest BCUT2D eigenvalue weighted by molar-refractivity contribution is 0.0958. The van der Waals surface area contributed by atoms with E-state index in [1.54, 1.807) is 30.6 Å². The molecule has 31 heavy (non-hydrogen) atoms. The van der Waals surface area contributed by atoms with Crippen LogP contribution in [0.5, 0.6) is 5.88 Å². The van der Waals surface area contributed by atoms with Crippen LogP contribution < -0.4 is 15.4 Å². The van der Waals surface area contributed by atoms with Gasteiger partial charge >= 0.3 is 0 Å². The Balaban J connectivity index is 1.36. The summed E-state index contributed by atoms with van der Waals surface area (Å²) in [6, 6.07) is 12.1. The maximum atomic E-state index is 11.8. The first-order valence-corrected chi connectivity index (χ1v) is 11.0. The molecule has 0 radical (unpaired) electrons. The summed E-state index contributed by atoms with van der Waals surface area (Å²) in [7, 11) is 1.58. The first-order valence-electron chi connectivity index (χ1n) is 10.1. The van der Waals surface area contributed by atoms with Crippen LogP contribution in [-0.2, 0) is 19.4 Å². The number of aromatic nitrogens is 3. The highest BCUT2D eigenvalue weighted by Gasteiger charge is 2.15. The summed E-state index contributed by atoms with van der Waals surface area (Å²) in [6.45, 7) is 0.270. The van der Waals surface area contributed by atoms with Crippen molar-refractivity contribution in [2.24, 2.45) is 0 Å². The van der Waals surface area contributed by atoms with Gasteiger partial charge in [0.25, 0.3) is 11.8 Å². The van der Waals surface area contributed by atoms with Crippen LogP contribution in [0.25, 0.3) is 10.1 Å². The van der Waals surface area contributed by atoms with Crippen LogP contribution in [0.4, 0.5) is 11.5 Å². The lowest BCUT2D eigenvalue weighted by Crippen LogP contribution is -2.19. The monoisotopic (exact) mass is 431 g/mol. The molecule has 0 aliphatic heterocycles. The molecule has 0 spiro atoms. The number of thiophene rings is 1. The van der Waals surface area contributed by atoms with E-state index in [9.17, 15) is 4.79 Å². The maximum Gasteiger partial charge on any atom is 0.269 e. The van der Waals surface area contributed by atoms with E-state index in [1.165, 1.54) is 17.5 Å². The van der Waals surface area contributed by atoms with Gasteiger partial charge in [0.1, 0.15) is 17.0 Å². The Labute approximate surface area is 183 Å². The van der Waals surface area contributed by atoms with Crippen LogP contribution in [0.1, 0.15) is 33.6 Å². The van der Waals surface area contributed by atoms with E-state index >= 15 is 0 Å². The molecule has 0 fully saturated rings. The van der Waals surface area contributed by atoms with Gasteiger partial charge < -0.3 is 15.4 Å². The Bertz CT molecular complexity index is 1270. The van der Waals surface area contributed by atoms with Gasteiger partial charge in [0, 0.05) is 24.3 Å². The molecule has 0 unspecified atom stereocenters. The summed E-state index contributed by atoms with van der Waals surface area (Å²) >= 11 is 1.56. The van der Waals surface area contributed by atoms with Gasteiger partial charge in [-0.05, 0) is 71.7 Å². The number of hydrogen-bond acceptors (Lipinski definition) is 7. The number of nitrogens with zero attached hydrogens (tertiary/aromatic N) is 3. The van der Waals surface area contributed by atoms with Crippen molar-refractivity contribution >= 4 is 38.8 Å². The van der Waals surface area contributed by atoms with Crippen LogP contribution in [0, 0.1) is 0 Å². The molecule has 1 aliphatic carbocycles. The number of carbonyl (C=O) groups is 1. The van der Waals surface area contributed by atoms with E-state index in [0.717, 1.165) is 34.2 Å². The number of aryl methyl sites for hydroxylation is 2. The molecule has 1 amide bonds. The van der Waals surface area contributed by atoms with Crippen molar-refractivity contribution < 1.29 is 9.53 Å². The summed E-state index contributed by atoms with van der Waals surface area (Å²) in [5.41, 5.74) is 5.06. The number of nitrogens with one attached hydrogen (secondary N) is 2. The molecule has 0 saturated carbocycles. The van der Waals surface area contributed by atoms with E-state index in [2.05, 4.69) is 44.0 Å². The van der Waals surface area contributed by atoms with Crippen LogP contribution in [0.15, 0.2) is 48.0 Å². The van der Waals surface area contributed by atoms with E-state index in [4.69, 9.17) is 4.74 Å². The molecule has 4 aromatic rings. The Kier molecular flexibility index (Phi) is 5.21. The molecule has 0 atom stereocenters. The normalized spacial score (nSPS) is 12.5. The van der Waals surface area contributed by atoms with Crippen molar-refractivity contribution in [1.29, 1.82) is 0 Å². The third-order valence-electron chi connectivity index (χ3n) is 5.38. The van der Waals surface area contributed by atoms with Gasteiger partial charge in [0.2, 0.25) is 0 Å². The van der Waals surface area contributed by atoms with Gasteiger partial charge in [-0.1, -0.05) is 6.07 Å². The Hall–Kier alpha value is -3.52. The third kappa shape index (κ3) is 3.94. The molecule has 8 heteroatoms. The highest BCUT2D eigenvalue weighted by molar-refractivity contribution is 7.17. The second-order valence-corrected chi connectivity index (χ2v) is 8.31. The summed E-state index contributed by atoms with van der Waals surface area (Å²) < 4.78 is 6.88. The van der Waals surface area contributed by atoms with E-state index in [1.807, 2.05) is 17.5 Å². The second kappa shape index (κ2) is 8.31. The highest BCUT2D eigenvalue weighted by atomic mass is 32.1. The second-order valence-electron chi connectivity index (χ2n) is 7.40. The third-order valence-corrected chi connectivity index (χ3v) is 6.28. The van der Waals surface area contributed by atoms with Crippen LogP contribution in [0.3, 0.4) is 0 Å². The number of rotatable bonds is 6. The number of amides is 1.